The van der Waals surface area contributed by atoms with E-state index in [1.807, 2.05) is 0 Å². The van der Waals surface area contributed by atoms with Gasteiger partial charge in [-0.3, -0.25) is 4.79 Å². The summed E-state index contributed by atoms with van der Waals surface area (Å²) in [5.41, 5.74) is 5.80. The van der Waals surface area contributed by atoms with Gasteiger partial charge in [0.15, 0.2) is 0 Å². The molecule has 1 unspecified atom stereocenters. The Morgan fingerprint density at radius 1 is 1.59 bits per heavy atom. The van der Waals surface area contributed by atoms with Crippen molar-refractivity contribution in [1.29, 1.82) is 0 Å². The molecule has 0 saturated carbocycles. The highest BCUT2D eigenvalue weighted by molar-refractivity contribution is 6.30. The summed E-state index contributed by atoms with van der Waals surface area (Å²) in [6.45, 7) is 0. The molecule has 0 radical (unpaired) electrons. The van der Waals surface area contributed by atoms with Gasteiger partial charge in [0.1, 0.15) is 0 Å². The molecule has 0 fully saturated rings. The molecule has 3 heteroatoms. The quantitative estimate of drug-likeness (QED) is 0.823. The van der Waals surface area contributed by atoms with Crippen LogP contribution in [0.2, 0.25) is 5.02 Å². The van der Waals surface area contributed by atoms with Crippen molar-refractivity contribution in [2.45, 2.75) is 25.5 Å². The number of hydrogen-bond acceptors (Lipinski definition) is 1. The van der Waals surface area contributed by atoms with Gasteiger partial charge in [0.25, 0.3) is 0 Å². The zero-order chi connectivity index (χ0) is 18.3. The predicted octanol–water partition coefficient (Wildman–Crippen LogP) is 2.94. The number of amides is 1. The van der Waals surface area contributed by atoms with Crippen LogP contribution in [0.25, 0.3) is 5.57 Å². The molecule has 2 aliphatic carbocycles. The highest BCUT2D eigenvalue weighted by Crippen LogP contribution is 2.44. The monoisotopic (exact) mass is 254 g/mol. The lowest BCUT2D eigenvalue weighted by atomic mass is 9.82. The molecule has 1 aromatic rings. The third kappa shape index (κ3) is 1.67. The van der Waals surface area contributed by atoms with Crippen molar-refractivity contribution in [3.05, 3.63) is 39.9 Å². The molecular weight excluding hydrogens is 234 g/mol. The van der Waals surface area contributed by atoms with Gasteiger partial charge in [0.2, 0.25) is 5.91 Å². The SMILES string of the molecule is [2H]C1([2H])C2=C(Cc3ccc(Cl)cc32)C([2H])(C(N)=O)C([2H])([2H])C1([2H])[2H]. The summed E-state index contributed by atoms with van der Waals surface area (Å²) < 4.78 is 57.2. The van der Waals surface area contributed by atoms with E-state index in [1.165, 1.54) is 6.07 Å². The molecule has 88 valence electrons. The second-order valence-electron chi connectivity index (χ2n) is 3.95. The van der Waals surface area contributed by atoms with Crippen LogP contribution in [-0.2, 0) is 11.2 Å². The lowest BCUT2D eigenvalue weighted by Gasteiger charge is -2.22. The number of fused-ring (bicyclic) bond motifs is 2. The average Bonchev–Trinajstić information content (AvgIpc) is 2.83. The molecule has 3 rings (SSSR count). The van der Waals surface area contributed by atoms with Gasteiger partial charge in [-0.2, -0.15) is 0 Å². The third-order valence-electron chi connectivity index (χ3n) is 2.93. The molecule has 2 aliphatic rings. The van der Waals surface area contributed by atoms with E-state index in [0.29, 0.717) is 16.1 Å². The lowest BCUT2D eigenvalue weighted by molar-refractivity contribution is -0.121. The fourth-order valence-corrected chi connectivity index (χ4v) is 2.35. The molecule has 0 saturated heterocycles. The van der Waals surface area contributed by atoms with Crippen LogP contribution in [0, 0.1) is 5.89 Å². The van der Waals surface area contributed by atoms with Crippen LogP contribution >= 0.6 is 11.6 Å². The molecule has 0 bridgehead atoms. The van der Waals surface area contributed by atoms with Gasteiger partial charge in [-0.25, -0.2) is 0 Å². The second-order valence-corrected chi connectivity index (χ2v) is 4.38. The minimum absolute atomic E-state index is 0.0522. The number of hydrogen-bond donors (Lipinski definition) is 1. The van der Waals surface area contributed by atoms with E-state index in [0.717, 1.165) is 0 Å². The molecule has 1 atom stereocenters. The molecule has 2 nitrogen and oxygen atoms in total. The molecule has 17 heavy (non-hydrogen) atoms. The number of rotatable bonds is 1. The molecule has 2 N–H and O–H groups in total. The van der Waals surface area contributed by atoms with Crippen molar-refractivity contribution >= 4 is 23.1 Å². The first-order valence-electron chi connectivity index (χ1n) is 8.63. The lowest BCUT2D eigenvalue weighted by Crippen LogP contribution is -2.27. The minimum atomic E-state index is -3.15. The Bertz CT molecular complexity index is 804. The Labute approximate surface area is 115 Å². The fraction of sp³-hybridized carbons (Fsp3) is 0.357. The number of halogens is 1. The maximum Gasteiger partial charge on any atom is 0.224 e. The predicted molar refractivity (Wildman–Crippen MR) is 68.6 cm³/mol. The Balaban J connectivity index is 2.44. The Kier molecular flexibility index (Phi) is 1.27. The molecule has 0 heterocycles. The number of allylic oxidation sites excluding steroid dienone is 1. The van der Waals surface area contributed by atoms with Crippen LogP contribution in [-0.4, -0.2) is 5.91 Å². The molecule has 0 aromatic heterocycles. The highest BCUT2D eigenvalue weighted by Gasteiger charge is 2.32. The van der Waals surface area contributed by atoms with Crippen molar-refractivity contribution in [3.8, 4) is 0 Å². The van der Waals surface area contributed by atoms with Crippen molar-refractivity contribution in [2.75, 3.05) is 0 Å². The second kappa shape index (κ2) is 3.88. The van der Waals surface area contributed by atoms with Crippen LogP contribution in [0.4, 0.5) is 0 Å². The summed E-state index contributed by atoms with van der Waals surface area (Å²) in [6.07, 6.45) is -9.12. The molecular formula is C14H14ClNO. The van der Waals surface area contributed by atoms with Gasteiger partial charge >= 0.3 is 0 Å². The largest absolute Gasteiger partial charge is 0.369 e. The highest BCUT2D eigenvalue weighted by atomic mass is 35.5. The number of carbonyl (C=O) groups excluding carboxylic acids is 1. The first-order chi connectivity index (χ1) is 10.8. The Morgan fingerprint density at radius 2 is 2.41 bits per heavy atom. The van der Waals surface area contributed by atoms with E-state index in [2.05, 4.69) is 0 Å². The fourth-order valence-electron chi connectivity index (χ4n) is 2.18. The zero-order valence-electron chi connectivity index (χ0n) is 15.8. The van der Waals surface area contributed by atoms with E-state index in [1.54, 1.807) is 12.1 Å². The number of nitrogens with two attached hydrogens (primary N) is 1. The van der Waals surface area contributed by atoms with Crippen molar-refractivity contribution in [2.24, 2.45) is 11.6 Å². The van der Waals surface area contributed by atoms with E-state index < -0.39 is 30.9 Å². The van der Waals surface area contributed by atoms with Crippen LogP contribution < -0.4 is 5.73 Å². The zero-order valence-corrected chi connectivity index (χ0v) is 9.56. The van der Waals surface area contributed by atoms with Crippen LogP contribution in [0.3, 0.4) is 0 Å². The summed E-state index contributed by atoms with van der Waals surface area (Å²) in [7, 11) is 0. The van der Waals surface area contributed by atoms with Crippen LogP contribution in [0.1, 0.15) is 39.8 Å². The summed E-state index contributed by atoms with van der Waals surface area (Å²) >= 11 is 5.96. The maximum absolute atomic E-state index is 12.0. The van der Waals surface area contributed by atoms with E-state index in [9.17, 15) is 4.79 Å². The first kappa shape index (κ1) is 5.57. The van der Waals surface area contributed by atoms with Gasteiger partial charge < -0.3 is 5.73 Å². The van der Waals surface area contributed by atoms with Gasteiger partial charge in [-0.15, -0.1) is 0 Å². The normalized spacial score (nSPS) is 41.6. The molecule has 1 aromatic carbocycles. The van der Waals surface area contributed by atoms with Gasteiger partial charge in [-0.05, 0) is 59.9 Å². The third-order valence-corrected chi connectivity index (χ3v) is 3.17. The van der Waals surface area contributed by atoms with E-state index in [4.69, 9.17) is 26.9 Å². The summed E-state index contributed by atoms with van der Waals surface area (Å²) in [5, 5.41) is 0.294. The summed E-state index contributed by atoms with van der Waals surface area (Å²) in [6, 6.07) is 4.60. The van der Waals surface area contributed by atoms with Crippen LogP contribution in [0.5, 0.6) is 0 Å². The van der Waals surface area contributed by atoms with Crippen molar-refractivity contribution in [1.82, 2.24) is 0 Å². The average molecular weight is 255 g/mol. The Hall–Kier alpha value is -1.28. The Morgan fingerprint density at radius 3 is 3.18 bits per heavy atom. The molecule has 1 amide bonds. The molecule has 0 aliphatic heterocycles. The molecule has 0 spiro atoms. The topological polar surface area (TPSA) is 43.1 Å². The maximum atomic E-state index is 12.0. The van der Waals surface area contributed by atoms with Crippen LogP contribution in [0.15, 0.2) is 23.8 Å². The van der Waals surface area contributed by atoms with Crippen molar-refractivity contribution < 1.29 is 14.4 Å². The van der Waals surface area contributed by atoms with Gasteiger partial charge in [-0.1, -0.05) is 17.7 Å². The number of primary amides is 1. The minimum Gasteiger partial charge on any atom is -0.369 e. The van der Waals surface area contributed by atoms with Gasteiger partial charge in [0, 0.05) is 14.6 Å². The van der Waals surface area contributed by atoms with E-state index >= 15 is 0 Å². The van der Waals surface area contributed by atoms with Gasteiger partial charge in [0.05, 0.1) is 5.89 Å². The number of carbonyl (C=O) groups is 1. The van der Waals surface area contributed by atoms with Crippen molar-refractivity contribution in [3.63, 3.8) is 0 Å². The smallest absolute Gasteiger partial charge is 0.224 e. The summed E-state index contributed by atoms with van der Waals surface area (Å²) in [5.74, 6) is -4.07. The van der Waals surface area contributed by atoms with E-state index in [-0.39, 0.29) is 17.6 Å². The number of benzene rings is 1. The first-order valence-corrected chi connectivity index (χ1v) is 5.50. The standard InChI is InChI=1S/C14H14ClNO/c15-9-5-4-8-6-13-10(12(8)7-9)2-1-3-11(13)14(16)17/h4-5,7,11H,1-3,6H2,(H2,16,17)/i1D2,2D2,3D2,11D. The summed E-state index contributed by atoms with van der Waals surface area (Å²) in [4.78, 5) is 12.0.